The van der Waals surface area contributed by atoms with Crippen LogP contribution in [0.5, 0.6) is 69.0 Å². The highest BCUT2D eigenvalue weighted by molar-refractivity contribution is 6.32. The lowest BCUT2D eigenvalue weighted by Gasteiger charge is -2.44. The van der Waals surface area contributed by atoms with Gasteiger partial charge in [-0.3, -0.25) is 38.4 Å². The molecule has 9 aliphatic heterocycles. The van der Waals surface area contributed by atoms with Gasteiger partial charge in [0, 0.05) is 42.2 Å². The maximum atomic E-state index is 17.0. The average molecular weight is 1890 g/mol. The van der Waals surface area contributed by atoms with Crippen LogP contribution in [0.25, 0.3) is 11.1 Å². The number of rotatable bonds is 19. The lowest BCUT2D eigenvalue weighted by Crippen LogP contribution is -2.65. The van der Waals surface area contributed by atoms with Gasteiger partial charge in [0.05, 0.1) is 29.9 Å². The van der Waals surface area contributed by atoms with E-state index in [-0.39, 0.29) is 24.0 Å². The van der Waals surface area contributed by atoms with Crippen molar-refractivity contribution in [3.8, 4) is 80.1 Å². The molecule has 7 aromatic carbocycles. The fourth-order valence-electron chi connectivity index (χ4n) is 16.3. The molecule has 43 nitrogen and oxygen atoms in total. The second-order valence-electron chi connectivity index (χ2n) is 32.4. The van der Waals surface area contributed by atoms with E-state index < -0.39 is 338 Å². The van der Waals surface area contributed by atoms with Crippen LogP contribution >= 0.6 is 23.2 Å². The Labute approximate surface area is 763 Å². The fourth-order valence-corrected chi connectivity index (χ4v) is 16.7. The minimum absolute atomic E-state index is 0.0587. The van der Waals surface area contributed by atoms with Crippen LogP contribution in [-0.4, -0.2) is 259 Å². The number of benzene rings is 7. The minimum atomic E-state index is -2.61. The first kappa shape index (κ1) is 96.7. The number of halogens is 2. The van der Waals surface area contributed by atoms with Crippen molar-refractivity contribution >= 4 is 76.4 Å². The van der Waals surface area contributed by atoms with Gasteiger partial charge in [0.15, 0.2) is 35.3 Å². The summed E-state index contributed by atoms with van der Waals surface area (Å²) in [6.07, 6.45) is -24.3. The molecule has 8 amide bonds. The van der Waals surface area contributed by atoms with Crippen LogP contribution in [-0.2, 0) is 62.1 Å². The third-order valence-electron chi connectivity index (χ3n) is 23.3. The number of nitrogens with one attached hydrogen (secondary N) is 8. The van der Waals surface area contributed by atoms with Gasteiger partial charge in [-0.1, -0.05) is 79.4 Å². The predicted molar refractivity (Wildman–Crippen MR) is 454 cm³/mol. The Balaban J connectivity index is 1.04. The van der Waals surface area contributed by atoms with Crippen LogP contribution in [0.4, 0.5) is 0 Å². The summed E-state index contributed by atoms with van der Waals surface area (Å²) in [5.74, 6) is -20.8. The monoisotopic (exact) mass is 1890 g/mol. The van der Waals surface area contributed by atoms with Crippen molar-refractivity contribution in [2.75, 3.05) is 19.8 Å². The van der Waals surface area contributed by atoms with E-state index >= 15 is 24.0 Å². The molecule has 0 unspecified atom stereocenters. The third-order valence-corrected chi connectivity index (χ3v) is 23.8. The molecule has 9 heterocycles. The number of phenols is 4. The van der Waals surface area contributed by atoms with Gasteiger partial charge in [-0.15, -0.1) is 0 Å². The van der Waals surface area contributed by atoms with Gasteiger partial charge in [-0.25, -0.2) is 4.79 Å². The van der Waals surface area contributed by atoms with Crippen molar-refractivity contribution in [1.82, 2.24) is 42.5 Å². The molecular weight excluding hydrogens is 1800 g/mol. The Morgan fingerprint density at radius 2 is 1.01 bits per heavy atom. The third kappa shape index (κ3) is 20.7. The number of hydrogen-bond donors (Lipinski definition) is 25. The van der Waals surface area contributed by atoms with Crippen LogP contribution < -0.4 is 72.0 Å². The van der Waals surface area contributed by atoms with Gasteiger partial charge >= 0.3 is 5.97 Å². The number of aliphatic hydroxyl groups excluding tert-OH is 11. The number of nitrogens with two attached hydrogens (primary N) is 1. The number of phenolic OH excluding ortho intramolecular Hbond substituents is 4. The van der Waals surface area contributed by atoms with E-state index in [1.54, 1.807) is 6.08 Å². The van der Waals surface area contributed by atoms with E-state index in [0.29, 0.717) is 6.42 Å². The van der Waals surface area contributed by atoms with E-state index in [0.717, 1.165) is 135 Å². The van der Waals surface area contributed by atoms with E-state index in [4.69, 9.17) is 71.6 Å². The number of fused-ring (bicyclic) bond motifs is 14. The quantitative estimate of drug-likeness (QED) is 0.0386. The molecule has 7 aromatic rings. The lowest BCUT2D eigenvalue weighted by molar-refractivity contribution is -0.284. The molecule has 0 aromatic heterocycles. The van der Waals surface area contributed by atoms with Gasteiger partial charge < -0.3 is 173 Å². The molecule has 0 saturated carbocycles. The van der Waals surface area contributed by atoms with Crippen LogP contribution in [0, 0.1) is 0 Å². The molecular formula is C88H95Cl2N9O34. The Kier molecular flexibility index (Phi) is 29.8. The molecule has 3 fully saturated rings. The zero-order valence-electron chi connectivity index (χ0n) is 70.2. The van der Waals surface area contributed by atoms with Crippen molar-refractivity contribution < 1.29 is 167 Å². The molecule has 0 aliphatic carbocycles. The Morgan fingerprint density at radius 1 is 0.481 bits per heavy atom. The number of aromatic hydroxyl groups is 4. The first-order chi connectivity index (χ1) is 63.4. The Hall–Kier alpha value is -12.4. The number of carbonyl (C=O) groups excluding carboxylic acids is 8. The van der Waals surface area contributed by atoms with Crippen molar-refractivity contribution in [3.63, 3.8) is 0 Å². The number of ether oxygens (including phenoxy) is 9. The molecule has 710 valence electrons. The zero-order chi connectivity index (χ0) is 95.6. The van der Waals surface area contributed by atoms with Crippen LogP contribution in [0.3, 0.4) is 0 Å². The van der Waals surface area contributed by atoms with Crippen molar-refractivity contribution in [2.45, 2.75) is 199 Å². The molecule has 17 bridgehead atoms. The van der Waals surface area contributed by atoms with E-state index in [2.05, 4.69) is 42.5 Å². The smallest absolute Gasteiger partial charge is 0.330 e. The predicted octanol–water partition coefficient (Wildman–Crippen LogP) is 0.431. The summed E-state index contributed by atoms with van der Waals surface area (Å²) in [5, 5.41) is 202. The summed E-state index contributed by atoms with van der Waals surface area (Å²) in [6, 6.07) is -1.48. The number of allylic oxidation sites excluding steroid dienone is 2. The summed E-state index contributed by atoms with van der Waals surface area (Å²) in [7, 11) is 0. The molecule has 16 rings (SSSR count). The first-order valence-electron chi connectivity index (χ1n) is 41.9. The molecule has 26 N–H and O–H groups in total. The van der Waals surface area contributed by atoms with E-state index in [9.17, 15) is 101 Å². The largest absolute Gasteiger partial charge is 0.508 e. The van der Waals surface area contributed by atoms with E-state index in [1.165, 1.54) is 6.07 Å². The highest BCUT2D eigenvalue weighted by atomic mass is 35.5. The summed E-state index contributed by atoms with van der Waals surface area (Å²) in [5.41, 5.74) is 1.99. The molecule has 0 spiro atoms. The highest BCUT2D eigenvalue weighted by Gasteiger charge is 2.53. The van der Waals surface area contributed by atoms with Gasteiger partial charge in [0.2, 0.25) is 65.6 Å². The molecule has 9 aliphatic rings. The number of carboxylic acids is 1. The fraction of sp³-hybridized carbons (Fsp3) is 0.398. The number of aliphatic hydroxyl groups is 11. The summed E-state index contributed by atoms with van der Waals surface area (Å²) in [4.78, 5) is 138. The highest BCUT2D eigenvalue weighted by Crippen LogP contribution is 2.51. The molecule has 0 radical (unpaired) electrons. The molecule has 24 atom stereocenters. The van der Waals surface area contributed by atoms with Crippen LogP contribution in [0.2, 0.25) is 10.0 Å². The summed E-state index contributed by atoms with van der Waals surface area (Å²) < 4.78 is 57.3. The first-order valence-corrected chi connectivity index (χ1v) is 42.6. The van der Waals surface area contributed by atoms with Crippen molar-refractivity contribution in [3.05, 3.63) is 176 Å². The second-order valence-corrected chi connectivity index (χ2v) is 33.2. The van der Waals surface area contributed by atoms with Gasteiger partial charge in [0.25, 0.3) is 0 Å². The summed E-state index contributed by atoms with van der Waals surface area (Å²) in [6.45, 7) is -0.205. The average Bonchev–Trinajstić information content (AvgIpc) is 0.663. The number of amides is 8. The van der Waals surface area contributed by atoms with Gasteiger partial charge in [0.1, 0.15) is 162 Å². The lowest BCUT2D eigenvalue weighted by atomic mass is 9.89. The van der Waals surface area contributed by atoms with E-state index in [1.807, 2.05) is 13.0 Å². The number of carbonyl (C=O) groups is 9. The number of unbranched alkanes of at least 4 members (excludes halogenated alkanes) is 3. The number of aliphatic carboxylic acids is 1. The minimum Gasteiger partial charge on any atom is -0.508 e. The summed E-state index contributed by atoms with van der Waals surface area (Å²) >= 11 is 14.7. The Bertz CT molecular complexity index is 5640. The number of carboxylic acid groups (broad SMARTS) is 1. The van der Waals surface area contributed by atoms with Gasteiger partial charge in [-0.2, -0.15) is 0 Å². The molecule has 3 saturated heterocycles. The van der Waals surface area contributed by atoms with Crippen LogP contribution in [0.15, 0.2) is 127 Å². The van der Waals surface area contributed by atoms with Gasteiger partial charge in [-0.05, 0) is 132 Å². The topological polar surface area (TPSA) is 683 Å². The normalized spacial score (nSPS) is 29.4. The molecule has 133 heavy (non-hydrogen) atoms. The maximum Gasteiger partial charge on any atom is 0.330 e. The van der Waals surface area contributed by atoms with Crippen molar-refractivity contribution in [1.29, 1.82) is 0 Å². The SMILES string of the molecule is CCCCC/C=C/CCC(=O)N[C@H]1[C@H](Oc2c3cc4cc2Oc2ccc(cc2Cl)[C@@H](O[C@H]2O[C@H](CO)[C@@H](O)[C@H](O)[C@H]2NC(C)=O)[C@@H]2NC(=O)[C@H](NC(=O)[C@@H]4NC(=O)[C@H]4NC(=O)[C@H](NC(=O)[C@H](N)c5ccc(O)c(c5)Oc5cc(O)cc4c5)[C@H](O)c4ccc(c(Cl)c4)O3)c3ccc(O)c(c3)-c3c(O[C@@H]4O[C@H](CO)[C@@H](O)[C@H](O)[C@H]4O)cc(O)cc3[C@@H](C(=O)O)NC2=O)O[C@H](CO)[C@@H](O)[C@@H]1O. The Morgan fingerprint density at radius 3 is 1.63 bits per heavy atom. The van der Waals surface area contributed by atoms with Crippen LogP contribution in [0.1, 0.15) is 134 Å². The zero-order valence-corrected chi connectivity index (χ0v) is 71.7. The van der Waals surface area contributed by atoms with Crippen molar-refractivity contribution in [2.24, 2.45) is 5.73 Å². The maximum absolute atomic E-state index is 17.0. The number of hydrogen-bond acceptors (Lipinski definition) is 34. The standard InChI is InChI=1S/C88H95Cl2N9O34/c1-3-4-5-6-7-8-9-10-58(108)93-67-74(114)71(111)56(31-101)130-87(67)133-78-53-25-39-26-54(78)127-50-18-14-37(23-46(50)90)77(132-86-66(92-33(2)103)73(113)70(110)55(30-100)129-86)68-84(122)97-64(85(123)124)44-28-41(105)29-52(128-88-76(116)75(115)72(112)57(32-102)131-88)59(44)43-21-35(12-15-47(43)106)61(80(118)99-68)94-82(120)63(39)95-81(119)62-38-19-40(104)27-42(20-38)125-51-24-34(11-16-48(51)107)60(91)79(117)98-65(83(121)96-62)69(109)36-13-17-49(126-53)45(89)22-36/h7-8,11-29,55-57,60-77,86-88,100-102,104-107,109-116H,3-6,9-10,30-32,91H2,1-2H3,(H,92,103)(H,93,108)(H,94,120)(H,95,119)(H,96,121)(H,97,122)(H,98,117)(H,99,118)(H,123,124)/b8-7+/t55-,56-,57-,60-,61-,62+,63-,64+,65-,66-,67-,68+,69-,70-,71-,72-,73-,74-,75+,76-,77-,86-,87+,88-/m1/s1. The second kappa shape index (κ2) is 41.0. The molecule has 45 heteroatoms.